The van der Waals surface area contributed by atoms with E-state index in [-0.39, 0.29) is 0 Å². The summed E-state index contributed by atoms with van der Waals surface area (Å²) in [7, 11) is 3.31. The Hall–Kier alpha value is -3.77. The molecule has 6 nitrogen and oxygen atoms in total. The number of rotatable bonds is 9. The van der Waals surface area contributed by atoms with E-state index < -0.39 is 0 Å². The molecule has 2 heterocycles. The van der Waals surface area contributed by atoms with Gasteiger partial charge in [-0.25, -0.2) is 4.98 Å². The molecule has 7 heteroatoms. The summed E-state index contributed by atoms with van der Waals surface area (Å²) in [5.41, 5.74) is 8.77. The van der Waals surface area contributed by atoms with Gasteiger partial charge in [0.1, 0.15) is 5.82 Å². The molecule has 5 rings (SSSR count). The lowest BCUT2D eigenvalue weighted by Crippen LogP contribution is -2.32. The van der Waals surface area contributed by atoms with Crippen LogP contribution in [0.2, 0.25) is 5.02 Å². The van der Waals surface area contributed by atoms with Gasteiger partial charge in [0.05, 0.1) is 14.2 Å². The monoisotopic (exact) mass is 542 g/mol. The number of fused-ring (bicyclic) bond motifs is 1. The number of halogens is 1. The molecule has 202 valence electrons. The zero-order chi connectivity index (χ0) is 27.4. The van der Waals surface area contributed by atoms with E-state index in [0.29, 0.717) is 30.4 Å². The lowest BCUT2D eigenvalue weighted by atomic mass is 9.94. The van der Waals surface area contributed by atoms with Gasteiger partial charge in [0.15, 0.2) is 11.5 Å². The first-order valence-electron chi connectivity index (χ1n) is 13.3. The van der Waals surface area contributed by atoms with Crippen molar-refractivity contribution in [1.82, 2.24) is 9.97 Å². The molecular weight excluding hydrogens is 508 g/mol. The van der Waals surface area contributed by atoms with Crippen molar-refractivity contribution in [2.75, 3.05) is 37.5 Å². The van der Waals surface area contributed by atoms with Crippen LogP contribution in [0.4, 0.5) is 11.8 Å². The smallest absolute Gasteiger partial charge is 0.224 e. The molecule has 39 heavy (non-hydrogen) atoms. The number of nitrogens with one attached hydrogen (secondary N) is 1. The van der Waals surface area contributed by atoms with Crippen LogP contribution >= 0.6 is 11.6 Å². The highest BCUT2D eigenvalue weighted by Crippen LogP contribution is 2.32. The normalized spacial score (nSPS) is 12.7. The largest absolute Gasteiger partial charge is 0.493 e. The van der Waals surface area contributed by atoms with Crippen molar-refractivity contribution in [2.45, 2.75) is 39.7 Å². The molecule has 1 aliphatic rings. The molecule has 0 aliphatic carbocycles. The number of aryl methyl sites for hydroxylation is 2. The van der Waals surface area contributed by atoms with Crippen LogP contribution in [0.5, 0.6) is 11.5 Å². The van der Waals surface area contributed by atoms with E-state index in [0.717, 1.165) is 53.5 Å². The summed E-state index contributed by atoms with van der Waals surface area (Å²) in [6.45, 7) is 6.80. The van der Waals surface area contributed by atoms with Crippen LogP contribution in [-0.4, -0.2) is 37.3 Å². The summed E-state index contributed by atoms with van der Waals surface area (Å²) in [6.07, 6.45) is 4.42. The Bertz CT molecular complexity index is 1470. The van der Waals surface area contributed by atoms with Crippen LogP contribution in [0.25, 0.3) is 0 Å². The molecule has 1 aliphatic heterocycles. The van der Waals surface area contributed by atoms with E-state index in [4.69, 9.17) is 31.0 Å². The second-order valence-electron chi connectivity index (χ2n) is 10.1. The second-order valence-corrected chi connectivity index (χ2v) is 10.5. The third-order valence-electron chi connectivity index (χ3n) is 7.45. The van der Waals surface area contributed by atoms with Gasteiger partial charge in [-0.05, 0) is 78.3 Å². The van der Waals surface area contributed by atoms with Gasteiger partial charge in [-0.15, -0.1) is 0 Å². The third kappa shape index (κ3) is 6.12. The highest BCUT2D eigenvalue weighted by atomic mass is 35.5. The predicted octanol–water partition coefficient (Wildman–Crippen LogP) is 6.57. The number of methoxy groups -OCH3 is 2. The number of nitrogens with zero attached hydrogens (tertiary/aromatic N) is 3. The first kappa shape index (κ1) is 26.8. The average Bonchev–Trinajstić information content (AvgIpc) is 2.95. The predicted molar refractivity (Wildman–Crippen MR) is 159 cm³/mol. The van der Waals surface area contributed by atoms with Crippen molar-refractivity contribution >= 4 is 23.4 Å². The van der Waals surface area contributed by atoms with E-state index in [1.807, 2.05) is 36.5 Å². The van der Waals surface area contributed by atoms with Gasteiger partial charge in [-0.2, -0.15) is 4.98 Å². The van der Waals surface area contributed by atoms with Crippen LogP contribution in [0.1, 0.15) is 38.9 Å². The topological polar surface area (TPSA) is 59.5 Å². The highest BCUT2D eigenvalue weighted by Gasteiger charge is 2.22. The van der Waals surface area contributed by atoms with Crippen LogP contribution in [-0.2, 0) is 25.8 Å². The first-order valence-corrected chi connectivity index (χ1v) is 13.7. The minimum atomic E-state index is 0.624. The Morgan fingerprint density at radius 1 is 0.923 bits per heavy atom. The lowest BCUT2D eigenvalue weighted by Gasteiger charge is -2.32. The Kier molecular flexibility index (Phi) is 8.22. The number of hydrogen-bond donors (Lipinski definition) is 1. The Morgan fingerprint density at radius 2 is 1.69 bits per heavy atom. The van der Waals surface area contributed by atoms with Crippen molar-refractivity contribution in [3.05, 3.63) is 105 Å². The van der Waals surface area contributed by atoms with Gasteiger partial charge in [0.25, 0.3) is 0 Å². The maximum absolute atomic E-state index is 6.35. The van der Waals surface area contributed by atoms with E-state index >= 15 is 0 Å². The molecule has 1 N–H and O–H groups in total. The first-order chi connectivity index (χ1) is 18.9. The number of aromatic nitrogens is 2. The van der Waals surface area contributed by atoms with E-state index in [9.17, 15) is 0 Å². The standard InChI is InChI=1S/C32H35ClN4O2/c1-21-15-25-12-14-37(20-27(25)16-22(21)2)31-26(17-23-9-10-29(38-3)30(18-23)39-4)19-35-32(36-31)34-13-11-24-7-5-6-8-28(24)33/h5-10,15-16,18-19H,11-14,17,20H2,1-4H3,(H,34,35,36). The molecule has 0 fully saturated rings. The van der Waals surface area contributed by atoms with E-state index in [1.165, 1.54) is 22.3 Å². The van der Waals surface area contributed by atoms with Crippen LogP contribution in [0.3, 0.4) is 0 Å². The fraction of sp³-hybridized carbons (Fsp3) is 0.312. The summed E-state index contributed by atoms with van der Waals surface area (Å²) in [4.78, 5) is 12.1. The molecule has 0 saturated carbocycles. The zero-order valence-electron chi connectivity index (χ0n) is 23.1. The maximum Gasteiger partial charge on any atom is 0.224 e. The molecule has 0 saturated heterocycles. The summed E-state index contributed by atoms with van der Waals surface area (Å²) in [5.74, 6) is 3.02. The van der Waals surface area contributed by atoms with Gasteiger partial charge in [-0.1, -0.05) is 48.0 Å². The molecule has 0 amide bonds. The van der Waals surface area contributed by atoms with Crippen LogP contribution in [0.15, 0.2) is 60.8 Å². The van der Waals surface area contributed by atoms with Gasteiger partial charge >= 0.3 is 0 Å². The van der Waals surface area contributed by atoms with E-state index in [2.05, 4.69) is 48.3 Å². The lowest BCUT2D eigenvalue weighted by molar-refractivity contribution is 0.354. The molecule has 0 radical (unpaired) electrons. The summed E-state index contributed by atoms with van der Waals surface area (Å²) >= 11 is 6.35. The molecule has 0 unspecified atom stereocenters. The third-order valence-corrected chi connectivity index (χ3v) is 7.82. The number of hydrogen-bond acceptors (Lipinski definition) is 6. The fourth-order valence-corrected chi connectivity index (χ4v) is 5.37. The van der Waals surface area contributed by atoms with Crippen molar-refractivity contribution in [2.24, 2.45) is 0 Å². The Labute approximate surface area is 236 Å². The van der Waals surface area contributed by atoms with Gasteiger partial charge in [-0.3, -0.25) is 0 Å². The molecule has 4 aromatic rings. The van der Waals surface area contributed by atoms with Gasteiger partial charge < -0.3 is 19.7 Å². The number of anilines is 2. The Morgan fingerprint density at radius 3 is 2.46 bits per heavy atom. The zero-order valence-corrected chi connectivity index (χ0v) is 23.8. The van der Waals surface area contributed by atoms with Crippen molar-refractivity contribution in [1.29, 1.82) is 0 Å². The van der Waals surface area contributed by atoms with Crippen LogP contribution in [0, 0.1) is 13.8 Å². The maximum atomic E-state index is 6.35. The minimum absolute atomic E-state index is 0.624. The number of benzene rings is 3. The van der Waals surface area contributed by atoms with Crippen LogP contribution < -0.4 is 19.7 Å². The average molecular weight is 543 g/mol. The molecule has 0 spiro atoms. The summed E-state index contributed by atoms with van der Waals surface area (Å²) < 4.78 is 11.0. The number of ether oxygens (including phenoxy) is 2. The van der Waals surface area contributed by atoms with Crippen molar-refractivity contribution < 1.29 is 9.47 Å². The highest BCUT2D eigenvalue weighted by molar-refractivity contribution is 6.31. The summed E-state index contributed by atoms with van der Waals surface area (Å²) in [5, 5.41) is 4.20. The van der Waals surface area contributed by atoms with Crippen molar-refractivity contribution in [3.63, 3.8) is 0 Å². The molecule has 0 bridgehead atoms. The SMILES string of the molecule is COc1ccc(Cc2cnc(NCCc3ccccc3Cl)nc2N2CCc3cc(C)c(C)cc3C2)cc1OC. The molecule has 1 aromatic heterocycles. The fourth-order valence-electron chi connectivity index (χ4n) is 5.14. The molecule has 0 atom stereocenters. The molecule has 3 aromatic carbocycles. The second kappa shape index (κ2) is 12.0. The minimum Gasteiger partial charge on any atom is -0.493 e. The Balaban J connectivity index is 1.42. The van der Waals surface area contributed by atoms with Gasteiger partial charge in [0, 0.05) is 42.8 Å². The molecular formula is C32H35ClN4O2. The van der Waals surface area contributed by atoms with E-state index in [1.54, 1.807) is 14.2 Å². The van der Waals surface area contributed by atoms with Gasteiger partial charge in [0.2, 0.25) is 5.95 Å². The van der Waals surface area contributed by atoms with Crippen molar-refractivity contribution in [3.8, 4) is 11.5 Å². The quantitative estimate of drug-likeness (QED) is 0.258. The summed E-state index contributed by atoms with van der Waals surface area (Å²) in [6, 6.07) is 18.6.